The maximum absolute atomic E-state index is 13.2. The number of nitrogens with zero attached hydrogens (tertiary/aromatic N) is 2. The minimum atomic E-state index is -0.974. The average molecular weight is 382 g/mol. The summed E-state index contributed by atoms with van der Waals surface area (Å²) in [6.45, 7) is 2.58. The topological polar surface area (TPSA) is 72.7 Å². The Morgan fingerprint density at radius 1 is 1.11 bits per heavy atom. The first-order valence-corrected chi connectivity index (χ1v) is 9.68. The Morgan fingerprint density at radius 3 is 2.36 bits per heavy atom. The number of hydrogen-bond donors (Lipinski definition) is 0. The second-order valence-electron chi connectivity index (χ2n) is 7.18. The zero-order valence-electron chi connectivity index (χ0n) is 16.3. The highest BCUT2D eigenvalue weighted by Crippen LogP contribution is 2.40. The molecular formula is C22H26N2O4. The second kappa shape index (κ2) is 8.87. The number of carbonyl (C=O) groups excluding carboxylic acids is 1. The smallest absolute Gasteiger partial charge is 0.249 e. The van der Waals surface area contributed by atoms with E-state index in [2.05, 4.69) is 6.92 Å². The summed E-state index contributed by atoms with van der Waals surface area (Å²) in [7, 11) is 1.58. The Hall–Kier alpha value is -2.89. The van der Waals surface area contributed by atoms with Crippen molar-refractivity contribution in [3.05, 3.63) is 75.8 Å². The third-order valence-electron chi connectivity index (χ3n) is 5.42. The summed E-state index contributed by atoms with van der Waals surface area (Å²) in [5.41, 5.74) is 1.72. The number of amides is 1. The molecule has 1 aliphatic heterocycles. The highest BCUT2D eigenvalue weighted by Gasteiger charge is 2.55. The standard InChI is InChI=1S/C22H26N2O4/c1-3-4-14-23-20(17-10-12-18(28-2)13-11-17)21(24(26)27)19(22(23)25)15-16-8-6-5-7-9-16/h5-13,19-21H,3-4,14-15H2,1-2H3/t19-,20+,21-/m0/s1. The van der Waals surface area contributed by atoms with Gasteiger partial charge in [-0.2, -0.15) is 0 Å². The molecule has 0 spiro atoms. The summed E-state index contributed by atoms with van der Waals surface area (Å²) in [5.74, 6) is -0.104. The third kappa shape index (κ3) is 4.01. The van der Waals surface area contributed by atoms with E-state index in [-0.39, 0.29) is 10.8 Å². The molecule has 1 saturated heterocycles. The van der Waals surface area contributed by atoms with Crippen LogP contribution in [0.4, 0.5) is 0 Å². The number of nitro groups is 1. The van der Waals surface area contributed by atoms with Crippen molar-refractivity contribution in [2.24, 2.45) is 5.92 Å². The molecule has 1 amide bonds. The molecule has 0 saturated carbocycles. The molecule has 1 heterocycles. The van der Waals surface area contributed by atoms with E-state index in [1.54, 1.807) is 24.1 Å². The van der Waals surface area contributed by atoms with E-state index < -0.39 is 18.0 Å². The fourth-order valence-electron chi connectivity index (χ4n) is 3.99. The highest BCUT2D eigenvalue weighted by atomic mass is 16.6. The molecule has 148 valence electrons. The van der Waals surface area contributed by atoms with Crippen molar-refractivity contribution in [3.8, 4) is 5.75 Å². The Labute approximate surface area is 165 Å². The normalized spacial score (nSPS) is 21.7. The third-order valence-corrected chi connectivity index (χ3v) is 5.42. The summed E-state index contributed by atoms with van der Waals surface area (Å²) >= 11 is 0. The first-order valence-electron chi connectivity index (χ1n) is 9.68. The van der Waals surface area contributed by atoms with Crippen molar-refractivity contribution in [1.82, 2.24) is 4.90 Å². The van der Waals surface area contributed by atoms with Crippen molar-refractivity contribution in [3.63, 3.8) is 0 Å². The first kappa shape index (κ1) is 19.9. The van der Waals surface area contributed by atoms with Gasteiger partial charge in [0.2, 0.25) is 11.9 Å². The zero-order valence-corrected chi connectivity index (χ0v) is 16.3. The Balaban J connectivity index is 1.99. The molecule has 6 heteroatoms. The Kier molecular flexibility index (Phi) is 6.29. The van der Waals surface area contributed by atoms with Crippen LogP contribution in [0, 0.1) is 16.0 Å². The molecule has 28 heavy (non-hydrogen) atoms. The van der Waals surface area contributed by atoms with E-state index in [1.165, 1.54) is 0 Å². The molecule has 0 bridgehead atoms. The summed E-state index contributed by atoms with van der Waals surface area (Å²) in [5, 5.41) is 12.1. The summed E-state index contributed by atoms with van der Waals surface area (Å²) in [4.78, 5) is 26.8. The van der Waals surface area contributed by atoms with Gasteiger partial charge in [0, 0.05) is 11.5 Å². The van der Waals surface area contributed by atoms with Crippen molar-refractivity contribution >= 4 is 5.91 Å². The summed E-state index contributed by atoms with van der Waals surface area (Å²) < 4.78 is 5.20. The van der Waals surface area contributed by atoms with Crippen LogP contribution in [0.2, 0.25) is 0 Å². The lowest BCUT2D eigenvalue weighted by molar-refractivity contribution is -0.532. The number of methoxy groups -OCH3 is 1. The molecule has 1 fully saturated rings. The molecule has 6 nitrogen and oxygen atoms in total. The molecule has 0 N–H and O–H groups in total. The lowest BCUT2D eigenvalue weighted by Gasteiger charge is -2.25. The number of rotatable bonds is 8. The molecule has 3 atom stereocenters. The molecular weight excluding hydrogens is 356 g/mol. The number of ether oxygens (including phenoxy) is 1. The average Bonchev–Trinajstić information content (AvgIpc) is 2.99. The van der Waals surface area contributed by atoms with Gasteiger partial charge in [0.25, 0.3) is 0 Å². The van der Waals surface area contributed by atoms with Crippen LogP contribution in [0.15, 0.2) is 54.6 Å². The van der Waals surface area contributed by atoms with Gasteiger partial charge in [-0.15, -0.1) is 0 Å². The van der Waals surface area contributed by atoms with E-state index >= 15 is 0 Å². The largest absolute Gasteiger partial charge is 0.497 e. The van der Waals surface area contributed by atoms with Gasteiger partial charge in [-0.3, -0.25) is 14.9 Å². The Bertz CT molecular complexity index is 807. The van der Waals surface area contributed by atoms with E-state index in [1.807, 2.05) is 42.5 Å². The van der Waals surface area contributed by atoms with Crippen LogP contribution in [0.1, 0.15) is 36.9 Å². The van der Waals surface area contributed by atoms with Gasteiger partial charge in [0.15, 0.2) is 0 Å². The highest BCUT2D eigenvalue weighted by molar-refractivity contribution is 5.83. The van der Waals surface area contributed by atoms with E-state index in [9.17, 15) is 14.9 Å². The molecule has 2 aromatic rings. The van der Waals surface area contributed by atoms with E-state index in [0.717, 1.165) is 24.0 Å². The van der Waals surface area contributed by atoms with Gasteiger partial charge in [-0.25, -0.2) is 0 Å². The monoisotopic (exact) mass is 382 g/mol. The van der Waals surface area contributed by atoms with Crippen LogP contribution in [0.5, 0.6) is 5.75 Å². The van der Waals surface area contributed by atoms with Crippen molar-refractivity contribution in [2.75, 3.05) is 13.7 Å². The molecule has 0 unspecified atom stereocenters. The van der Waals surface area contributed by atoms with Gasteiger partial charge in [0.05, 0.1) is 7.11 Å². The maximum atomic E-state index is 13.2. The zero-order chi connectivity index (χ0) is 20.1. The van der Waals surface area contributed by atoms with Gasteiger partial charge < -0.3 is 9.64 Å². The van der Waals surface area contributed by atoms with Gasteiger partial charge in [0.1, 0.15) is 17.7 Å². The van der Waals surface area contributed by atoms with Gasteiger partial charge in [-0.1, -0.05) is 55.8 Å². The number of hydrogen-bond acceptors (Lipinski definition) is 4. The number of unbranched alkanes of at least 4 members (excludes halogenated alkanes) is 1. The van der Waals surface area contributed by atoms with Crippen LogP contribution < -0.4 is 4.74 Å². The minimum absolute atomic E-state index is 0.125. The predicted molar refractivity (Wildman–Crippen MR) is 107 cm³/mol. The molecule has 0 aliphatic carbocycles. The SMILES string of the molecule is CCCCN1C(=O)[C@@H](Cc2ccccc2)[C@H]([N+](=O)[O-])[C@H]1c1ccc(OC)cc1. The van der Waals surface area contributed by atoms with Gasteiger partial charge in [-0.05, 0) is 36.1 Å². The molecule has 0 radical (unpaired) electrons. The van der Waals surface area contributed by atoms with Crippen molar-refractivity contribution in [2.45, 2.75) is 38.3 Å². The lowest BCUT2D eigenvalue weighted by atomic mass is 9.89. The number of benzene rings is 2. The van der Waals surface area contributed by atoms with Crippen LogP contribution in [0.25, 0.3) is 0 Å². The predicted octanol–water partition coefficient (Wildman–Crippen LogP) is 3.88. The summed E-state index contributed by atoms with van der Waals surface area (Å²) in [6.07, 6.45) is 2.12. The molecule has 2 aromatic carbocycles. The lowest BCUT2D eigenvalue weighted by Crippen LogP contribution is -2.34. The second-order valence-corrected chi connectivity index (χ2v) is 7.18. The maximum Gasteiger partial charge on any atom is 0.249 e. The minimum Gasteiger partial charge on any atom is -0.497 e. The summed E-state index contributed by atoms with van der Waals surface area (Å²) in [6, 6.07) is 15.2. The van der Waals surface area contributed by atoms with Crippen molar-refractivity contribution < 1.29 is 14.5 Å². The Morgan fingerprint density at radius 2 is 1.79 bits per heavy atom. The van der Waals surface area contributed by atoms with Crippen molar-refractivity contribution in [1.29, 1.82) is 0 Å². The van der Waals surface area contributed by atoms with Crippen LogP contribution >= 0.6 is 0 Å². The van der Waals surface area contributed by atoms with Crippen LogP contribution in [-0.4, -0.2) is 35.4 Å². The van der Waals surface area contributed by atoms with Gasteiger partial charge >= 0.3 is 0 Å². The fraction of sp³-hybridized carbons (Fsp3) is 0.409. The fourth-order valence-corrected chi connectivity index (χ4v) is 3.99. The number of likely N-dealkylation sites (tertiary alicyclic amines) is 1. The molecule has 3 rings (SSSR count). The molecule has 1 aliphatic rings. The van der Waals surface area contributed by atoms with Crippen LogP contribution in [-0.2, 0) is 11.2 Å². The van der Waals surface area contributed by atoms with E-state index in [0.29, 0.717) is 18.7 Å². The molecule has 0 aromatic heterocycles. The first-order chi connectivity index (χ1) is 13.6. The van der Waals surface area contributed by atoms with Crippen LogP contribution in [0.3, 0.4) is 0 Å². The quantitative estimate of drug-likeness (QED) is 0.513. The number of carbonyl (C=O) groups is 1. The van der Waals surface area contributed by atoms with E-state index in [4.69, 9.17) is 4.74 Å².